The number of carbonyl (C=O) groups is 1. The van der Waals surface area contributed by atoms with E-state index in [0.717, 1.165) is 30.4 Å². The lowest BCUT2D eigenvalue weighted by molar-refractivity contribution is 0.0696. The molecule has 3 atom stereocenters. The minimum absolute atomic E-state index is 0.195. The predicted octanol–water partition coefficient (Wildman–Crippen LogP) is 8.73. The summed E-state index contributed by atoms with van der Waals surface area (Å²) in [4.78, 5) is 11.3. The number of carboxylic acid groups (broad SMARTS) is 1. The Balaban J connectivity index is 1.24. The summed E-state index contributed by atoms with van der Waals surface area (Å²) in [6, 6.07) is 17.7. The van der Waals surface area contributed by atoms with Crippen molar-refractivity contribution in [2.24, 2.45) is 0 Å². The molecule has 0 radical (unpaired) electrons. The van der Waals surface area contributed by atoms with E-state index in [2.05, 4.69) is 5.16 Å². The average Bonchev–Trinajstić information content (AvgIpc) is 3.82. The van der Waals surface area contributed by atoms with Crippen molar-refractivity contribution in [3.8, 4) is 17.0 Å². The first kappa shape index (κ1) is 23.2. The molecule has 0 spiro atoms. The molecule has 2 fully saturated rings. The number of aromatic nitrogens is 1. The average molecular weight is 556 g/mol. The number of aromatic carboxylic acids is 1. The van der Waals surface area contributed by atoms with Gasteiger partial charge in [-0.05, 0) is 78.6 Å². The number of ether oxygens (including phenoxy) is 1. The maximum Gasteiger partial charge on any atom is 0.335 e. The van der Waals surface area contributed by atoms with Crippen LogP contribution in [0.2, 0.25) is 15.1 Å². The molecule has 0 saturated heterocycles. The summed E-state index contributed by atoms with van der Waals surface area (Å²) in [5.74, 6) is 0.739. The smallest absolute Gasteiger partial charge is 0.335 e. The van der Waals surface area contributed by atoms with Crippen LogP contribution in [0.1, 0.15) is 71.2 Å². The van der Waals surface area contributed by atoms with Gasteiger partial charge in [0.05, 0.1) is 22.5 Å². The third-order valence-electron chi connectivity index (χ3n) is 6.94. The van der Waals surface area contributed by atoms with Gasteiger partial charge < -0.3 is 14.4 Å². The monoisotopic (exact) mass is 554 g/mol. The van der Waals surface area contributed by atoms with E-state index < -0.39 is 12.6 Å². The van der Waals surface area contributed by atoms with Gasteiger partial charge in [0.25, 0.3) is 0 Å². The summed E-state index contributed by atoms with van der Waals surface area (Å²) in [6.45, 7) is -1.13. The molecule has 6 rings (SSSR count). The summed E-state index contributed by atoms with van der Waals surface area (Å²) in [6.07, 6.45) is 2.81. The van der Waals surface area contributed by atoms with E-state index in [1.54, 1.807) is 48.5 Å². The van der Waals surface area contributed by atoms with Crippen LogP contribution in [0.5, 0.6) is 5.75 Å². The molecule has 188 valence electrons. The first-order valence-electron chi connectivity index (χ1n) is 12.5. The van der Waals surface area contributed by atoms with Crippen LogP contribution in [0.25, 0.3) is 11.3 Å². The van der Waals surface area contributed by atoms with E-state index in [1.165, 1.54) is 0 Å². The van der Waals surface area contributed by atoms with Crippen molar-refractivity contribution < 1.29 is 20.5 Å². The zero-order valence-electron chi connectivity index (χ0n) is 20.5. The molecular weight excluding hydrogens is 533 g/mol. The van der Waals surface area contributed by atoms with Gasteiger partial charge in [0.1, 0.15) is 23.8 Å². The largest absolute Gasteiger partial charge is 0.489 e. The van der Waals surface area contributed by atoms with Crippen LogP contribution in [-0.4, -0.2) is 16.2 Å². The maximum absolute atomic E-state index is 11.3. The molecule has 1 unspecified atom stereocenters. The van der Waals surface area contributed by atoms with Crippen molar-refractivity contribution >= 4 is 40.8 Å². The number of benzene rings is 3. The Hall–Kier alpha value is -2.99. The number of nitrogens with zero attached hydrogens (tertiary/aromatic N) is 1. The van der Waals surface area contributed by atoms with E-state index in [0.29, 0.717) is 43.4 Å². The molecule has 1 heterocycles. The SMILES string of the molecule is [2H]C(Oc1ccc([C@H]2C[C@H]2c2cccc(C(=O)O)c2)c(Cl)c1)c1c(-c2c(Cl)cccc2Cl)noc1C1CC1. The first-order chi connectivity index (χ1) is 18.3. The fraction of sp³-hybridized carbons (Fsp3) is 0.241. The molecule has 5 nitrogen and oxygen atoms in total. The topological polar surface area (TPSA) is 72.6 Å². The molecule has 0 bridgehead atoms. The van der Waals surface area contributed by atoms with Crippen LogP contribution in [-0.2, 0) is 6.58 Å². The van der Waals surface area contributed by atoms with Crippen molar-refractivity contribution in [3.63, 3.8) is 0 Å². The number of hydrogen-bond acceptors (Lipinski definition) is 4. The molecule has 1 aromatic heterocycles. The molecule has 1 N–H and O–H groups in total. The van der Waals surface area contributed by atoms with E-state index in [4.69, 9.17) is 45.4 Å². The van der Waals surface area contributed by atoms with Crippen LogP contribution in [0.4, 0.5) is 0 Å². The van der Waals surface area contributed by atoms with Crippen molar-refractivity contribution in [3.05, 3.63) is 104 Å². The zero-order chi connectivity index (χ0) is 26.6. The van der Waals surface area contributed by atoms with Crippen LogP contribution in [0.3, 0.4) is 0 Å². The van der Waals surface area contributed by atoms with Gasteiger partial charge in [-0.3, -0.25) is 0 Å². The third-order valence-corrected chi connectivity index (χ3v) is 7.90. The predicted molar refractivity (Wildman–Crippen MR) is 143 cm³/mol. The van der Waals surface area contributed by atoms with Crippen LogP contribution >= 0.6 is 34.8 Å². The Morgan fingerprint density at radius 1 is 1.03 bits per heavy atom. The number of rotatable bonds is 8. The molecule has 2 saturated carbocycles. The minimum Gasteiger partial charge on any atom is -0.489 e. The highest BCUT2D eigenvalue weighted by atomic mass is 35.5. The Bertz CT molecular complexity index is 1530. The summed E-state index contributed by atoms with van der Waals surface area (Å²) in [5, 5.41) is 14.9. The lowest BCUT2D eigenvalue weighted by Gasteiger charge is -2.11. The standard InChI is InChI=1S/C29H22Cl3NO4/c30-23-5-2-6-24(31)26(23)27-22(28(37-33-27)15-7-8-15)14-36-18-9-10-19(25(32)12-18)21-13-20(21)16-3-1-4-17(11-16)29(34)35/h1-6,9-12,15,20-21H,7-8,13-14H2,(H,34,35)/t20-,21+/m0/s1/i14D/t14?,20-,21+. The summed E-state index contributed by atoms with van der Waals surface area (Å²) in [5.41, 5.74) is 3.68. The Morgan fingerprint density at radius 3 is 2.49 bits per heavy atom. The first-order valence-corrected chi connectivity index (χ1v) is 13.1. The van der Waals surface area contributed by atoms with Gasteiger partial charge in [-0.1, -0.05) is 64.2 Å². The van der Waals surface area contributed by atoms with Gasteiger partial charge in [-0.15, -0.1) is 0 Å². The minimum atomic E-state index is -1.13. The number of hydrogen-bond donors (Lipinski definition) is 1. The molecule has 0 amide bonds. The van der Waals surface area contributed by atoms with Crippen molar-refractivity contribution in [2.75, 3.05) is 0 Å². The Morgan fingerprint density at radius 2 is 1.78 bits per heavy atom. The van der Waals surface area contributed by atoms with E-state index in [-0.39, 0.29) is 23.3 Å². The fourth-order valence-electron chi connectivity index (χ4n) is 4.79. The summed E-state index contributed by atoms with van der Waals surface area (Å²) >= 11 is 19.6. The number of carboxylic acids is 1. The zero-order valence-corrected chi connectivity index (χ0v) is 21.7. The van der Waals surface area contributed by atoms with Gasteiger partial charge >= 0.3 is 5.97 Å². The fourth-order valence-corrected chi connectivity index (χ4v) is 5.67. The van der Waals surface area contributed by atoms with E-state index in [9.17, 15) is 9.90 Å². The summed E-state index contributed by atoms with van der Waals surface area (Å²) in [7, 11) is 0. The van der Waals surface area contributed by atoms with Gasteiger partial charge in [-0.25, -0.2) is 4.79 Å². The molecule has 2 aliphatic carbocycles. The second kappa shape index (κ2) is 9.71. The lowest BCUT2D eigenvalue weighted by Crippen LogP contribution is -2.00. The van der Waals surface area contributed by atoms with Crippen molar-refractivity contribution in [1.29, 1.82) is 0 Å². The highest BCUT2D eigenvalue weighted by Crippen LogP contribution is 2.56. The highest BCUT2D eigenvalue weighted by Gasteiger charge is 2.41. The second-order valence-corrected chi connectivity index (χ2v) is 10.7. The van der Waals surface area contributed by atoms with Crippen LogP contribution < -0.4 is 4.74 Å². The molecule has 3 aromatic carbocycles. The van der Waals surface area contributed by atoms with Crippen LogP contribution in [0, 0.1) is 0 Å². The molecule has 37 heavy (non-hydrogen) atoms. The quantitative estimate of drug-likeness (QED) is 0.235. The lowest BCUT2D eigenvalue weighted by atomic mass is 10.0. The van der Waals surface area contributed by atoms with Gasteiger partial charge in [0, 0.05) is 16.5 Å². The second-order valence-electron chi connectivity index (χ2n) is 9.48. The van der Waals surface area contributed by atoms with Crippen molar-refractivity contribution in [2.45, 2.75) is 43.6 Å². The molecule has 2 aliphatic rings. The van der Waals surface area contributed by atoms with Crippen molar-refractivity contribution in [1.82, 2.24) is 5.16 Å². The van der Waals surface area contributed by atoms with Gasteiger partial charge in [0.15, 0.2) is 0 Å². The molecule has 4 aromatic rings. The van der Waals surface area contributed by atoms with E-state index in [1.807, 2.05) is 12.1 Å². The maximum atomic E-state index is 11.3. The number of halogens is 3. The molecule has 8 heteroatoms. The Kier molecular flexibility index (Phi) is 6.08. The van der Waals surface area contributed by atoms with E-state index >= 15 is 0 Å². The highest BCUT2D eigenvalue weighted by molar-refractivity contribution is 6.39. The van der Waals surface area contributed by atoms with Crippen LogP contribution in [0.15, 0.2) is 65.2 Å². The molecular formula is C29H22Cl3NO4. The normalized spacial score (nSPS) is 19.8. The summed E-state index contributed by atoms with van der Waals surface area (Å²) < 4.78 is 20.6. The third kappa shape index (κ3) is 4.84. The van der Waals surface area contributed by atoms with Gasteiger partial charge in [0.2, 0.25) is 0 Å². The van der Waals surface area contributed by atoms with Gasteiger partial charge in [-0.2, -0.15) is 0 Å². The molecule has 0 aliphatic heterocycles. The Labute approximate surface area is 230 Å².